The first-order chi connectivity index (χ1) is 14.1. The minimum absolute atomic E-state index is 0.179. The van der Waals surface area contributed by atoms with Crippen molar-refractivity contribution in [3.63, 3.8) is 0 Å². The summed E-state index contributed by atoms with van der Waals surface area (Å²) in [5, 5.41) is 7.34. The highest BCUT2D eigenvalue weighted by atomic mass is 35.5. The Morgan fingerprint density at radius 1 is 1.07 bits per heavy atom. The van der Waals surface area contributed by atoms with Gasteiger partial charge in [0.15, 0.2) is 17.3 Å². The summed E-state index contributed by atoms with van der Waals surface area (Å²) in [4.78, 5) is 12.4. The molecule has 1 heterocycles. The standard InChI is InChI=1S/C22H17ClN2O4/c1-27-19-10-13(9-17(23)21(19)28-2)12-24-25-22(26)20-11-16-15-6-4-3-5-14(15)7-8-18(16)29-20/h3-12H,1-2H3,(H,25,26). The number of amides is 1. The summed E-state index contributed by atoms with van der Waals surface area (Å²) in [6.45, 7) is 0. The third kappa shape index (κ3) is 3.62. The molecule has 1 amide bonds. The van der Waals surface area contributed by atoms with Crippen molar-refractivity contribution in [3.8, 4) is 11.5 Å². The molecule has 4 rings (SSSR count). The van der Waals surface area contributed by atoms with Gasteiger partial charge in [-0.3, -0.25) is 4.79 Å². The van der Waals surface area contributed by atoms with Gasteiger partial charge in [0.2, 0.25) is 0 Å². The normalized spacial score (nSPS) is 11.3. The predicted octanol–water partition coefficient (Wildman–Crippen LogP) is 5.02. The fourth-order valence-electron chi connectivity index (χ4n) is 3.14. The second-order valence-corrected chi connectivity index (χ2v) is 6.65. The third-order valence-electron chi connectivity index (χ3n) is 4.49. The van der Waals surface area contributed by atoms with Gasteiger partial charge in [-0.25, -0.2) is 5.43 Å². The Balaban J connectivity index is 1.56. The number of hydrazone groups is 1. The Labute approximate surface area is 171 Å². The van der Waals surface area contributed by atoms with E-state index in [4.69, 9.17) is 25.5 Å². The van der Waals surface area contributed by atoms with E-state index in [2.05, 4.69) is 10.5 Å². The maximum atomic E-state index is 12.4. The molecule has 0 aliphatic heterocycles. The lowest BCUT2D eigenvalue weighted by Crippen LogP contribution is -2.16. The maximum absolute atomic E-state index is 12.4. The van der Waals surface area contributed by atoms with Crippen molar-refractivity contribution in [2.45, 2.75) is 0 Å². The monoisotopic (exact) mass is 408 g/mol. The molecular weight excluding hydrogens is 392 g/mol. The molecule has 6 nitrogen and oxygen atoms in total. The van der Waals surface area contributed by atoms with E-state index < -0.39 is 5.91 Å². The van der Waals surface area contributed by atoms with Gasteiger partial charge >= 0.3 is 5.91 Å². The van der Waals surface area contributed by atoms with E-state index in [1.807, 2.05) is 36.4 Å². The highest BCUT2D eigenvalue weighted by molar-refractivity contribution is 6.32. The van der Waals surface area contributed by atoms with Crippen molar-refractivity contribution < 1.29 is 18.7 Å². The highest BCUT2D eigenvalue weighted by Gasteiger charge is 2.14. The van der Waals surface area contributed by atoms with Gasteiger partial charge in [-0.15, -0.1) is 0 Å². The molecule has 0 atom stereocenters. The van der Waals surface area contributed by atoms with Crippen molar-refractivity contribution in [1.82, 2.24) is 5.43 Å². The number of carbonyl (C=O) groups excluding carboxylic acids is 1. The lowest BCUT2D eigenvalue weighted by atomic mass is 10.1. The van der Waals surface area contributed by atoms with Crippen LogP contribution in [0.5, 0.6) is 11.5 Å². The number of halogens is 1. The van der Waals surface area contributed by atoms with Gasteiger partial charge in [0.1, 0.15) is 5.58 Å². The summed E-state index contributed by atoms with van der Waals surface area (Å²) < 4.78 is 16.1. The van der Waals surface area contributed by atoms with Gasteiger partial charge in [-0.05, 0) is 40.6 Å². The average molecular weight is 409 g/mol. The van der Waals surface area contributed by atoms with Gasteiger partial charge in [-0.2, -0.15) is 5.10 Å². The van der Waals surface area contributed by atoms with Gasteiger partial charge in [0.05, 0.1) is 25.5 Å². The predicted molar refractivity (Wildman–Crippen MR) is 113 cm³/mol. The summed E-state index contributed by atoms with van der Waals surface area (Å²) in [6, 6.07) is 16.8. The Morgan fingerprint density at radius 2 is 1.90 bits per heavy atom. The molecule has 0 radical (unpaired) electrons. The van der Waals surface area contributed by atoms with Crippen LogP contribution in [0.2, 0.25) is 5.02 Å². The Kier molecular flexibility index (Phi) is 5.10. The van der Waals surface area contributed by atoms with E-state index in [0.717, 1.165) is 16.2 Å². The molecule has 146 valence electrons. The summed E-state index contributed by atoms with van der Waals surface area (Å²) in [7, 11) is 3.02. The summed E-state index contributed by atoms with van der Waals surface area (Å²) in [5.74, 6) is 0.633. The highest BCUT2D eigenvalue weighted by Crippen LogP contribution is 2.35. The lowest BCUT2D eigenvalue weighted by molar-refractivity contribution is 0.0929. The van der Waals surface area contributed by atoms with Crippen LogP contribution in [0.4, 0.5) is 0 Å². The van der Waals surface area contributed by atoms with Crippen LogP contribution < -0.4 is 14.9 Å². The molecule has 0 saturated carbocycles. The van der Waals surface area contributed by atoms with Crippen molar-refractivity contribution in [1.29, 1.82) is 0 Å². The van der Waals surface area contributed by atoms with Crippen LogP contribution in [0, 0.1) is 0 Å². The van der Waals surface area contributed by atoms with Crippen molar-refractivity contribution in [3.05, 3.63) is 70.9 Å². The van der Waals surface area contributed by atoms with Crippen LogP contribution in [0.3, 0.4) is 0 Å². The Bertz CT molecular complexity index is 1250. The lowest BCUT2D eigenvalue weighted by Gasteiger charge is -2.09. The van der Waals surface area contributed by atoms with E-state index in [9.17, 15) is 4.79 Å². The number of carbonyl (C=O) groups is 1. The van der Waals surface area contributed by atoms with Gasteiger partial charge in [0.25, 0.3) is 0 Å². The van der Waals surface area contributed by atoms with Crippen LogP contribution in [0.1, 0.15) is 16.1 Å². The zero-order chi connectivity index (χ0) is 20.4. The molecule has 0 unspecified atom stereocenters. The maximum Gasteiger partial charge on any atom is 0.307 e. The summed E-state index contributed by atoms with van der Waals surface area (Å²) in [5.41, 5.74) is 3.75. The number of ether oxygens (including phenoxy) is 2. The van der Waals surface area contributed by atoms with Gasteiger partial charge < -0.3 is 13.9 Å². The number of rotatable bonds is 5. The number of benzene rings is 3. The van der Waals surface area contributed by atoms with E-state index in [1.165, 1.54) is 20.4 Å². The minimum Gasteiger partial charge on any atom is -0.493 e. The fraction of sp³-hybridized carbons (Fsp3) is 0.0909. The molecule has 0 spiro atoms. The second-order valence-electron chi connectivity index (χ2n) is 6.25. The van der Waals surface area contributed by atoms with Gasteiger partial charge in [0, 0.05) is 5.39 Å². The number of hydrogen-bond acceptors (Lipinski definition) is 5. The fourth-order valence-corrected chi connectivity index (χ4v) is 3.43. The van der Waals surface area contributed by atoms with Crippen molar-refractivity contribution in [2.24, 2.45) is 5.10 Å². The molecule has 0 aliphatic rings. The molecule has 1 N–H and O–H groups in total. The van der Waals surface area contributed by atoms with Crippen LogP contribution in [-0.2, 0) is 0 Å². The van der Waals surface area contributed by atoms with Crippen LogP contribution in [0.25, 0.3) is 21.7 Å². The zero-order valence-electron chi connectivity index (χ0n) is 15.7. The number of nitrogens with zero attached hydrogens (tertiary/aromatic N) is 1. The quantitative estimate of drug-likeness (QED) is 0.371. The van der Waals surface area contributed by atoms with E-state index in [1.54, 1.807) is 18.2 Å². The number of furan rings is 1. The van der Waals surface area contributed by atoms with E-state index in [0.29, 0.717) is 27.7 Å². The Morgan fingerprint density at radius 3 is 2.69 bits per heavy atom. The van der Waals surface area contributed by atoms with E-state index >= 15 is 0 Å². The molecule has 4 aromatic rings. The number of fused-ring (bicyclic) bond motifs is 3. The summed E-state index contributed by atoms with van der Waals surface area (Å²) >= 11 is 6.17. The molecule has 1 aromatic heterocycles. The topological polar surface area (TPSA) is 73.1 Å². The largest absolute Gasteiger partial charge is 0.493 e. The zero-order valence-corrected chi connectivity index (χ0v) is 16.5. The van der Waals surface area contributed by atoms with Crippen molar-refractivity contribution >= 4 is 45.5 Å². The van der Waals surface area contributed by atoms with E-state index in [-0.39, 0.29) is 5.76 Å². The minimum atomic E-state index is -0.451. The SMILES string of the molecule is COc1cc(C=NNC(=O)c2cc3c(ccc4ccccc43)o2)cc(Cl)c1OC. The first kappa shape index (κ1) is 18.8. The number of hydrogen-bond donors (Lipinski definition) is 1. The third-order valence-corrected chi connectivity index (χ3v) is 4.77. The molecule has 0 saturated heterocycles. The molecule has 0 bridgehead atoms. The van der Waals surface area contributed by atoms with Crippen molar-refractivity contribution in [2.75, 3.05) is 14.2 Å². The molecule has 0 aliphatic carbocycles. The first-order valence-electron chi connectivity index (χ1n) is 8.77. The van der Waals surface area contributed by atoms with Crippen LogP contribution in [0.15, 0.2) is 64.1 Å². The number of methoxy groups -OCH3 is 2. The first-order valence-corrected chi connectivity index (χ1v) is 9.14. The number of nitrogens with one attached hydrogen (secondary N) is 1. The molecule has 0 fully saturated rings. The van der Waals surface area contributed by atoms with Gasteiger partial charge in [-0.1, -0.05) is 41.9 Å². The molecule has 7 heteroatoms. The molecule has 3 aromatic carbocycles. The van der Waals surface area contributed by atoms with Crippen LogP contribution >= 0.6 is 11.6 Å². The second kappa shape index (κ2) is 7.85. The van der Waals surface area contributed by atoms with Crippen LogP contribution in [-0.4, -0.2) is 26.3 Å². The summed E-state index contributed by atoms with van der Waals surface area (Å²) in [6.07, 6.45) is 1.46. The average Bonchev–Trinajstić information content (AvgIpc) is 3.18. The Hall–Kier alpha value is -3.51. The molecular formula is C22H17ClN2O4. The smallest absolute Gasteiger partial charge is 0.307 e. The molecule has 29 heavy (non-hydrogen) atoms.